The second-order valence-corrected chi connectivity index (χ2v) is 5.24. The van der Waals surface area contributed by atoms with Crippen LogP contribution in [0.1, 0.15) is 37.3 Å². The van der Waals surface area contributed by atoms with Crippen LogP contribution >= 0.6 is 11.6 Å². The first-order valence-corrected chi connectivity index (χ1v) is 7.09. The van der Waals surface area contributed by atoms with E-state index in [4.69, 9.17) is 16.7 Å². The fraction of sp³-hybridized carbons (Fsp3) is 0.467. The van der Waals surface area contributed by atoms with E-state index in [0.29, 0.717) is 24.3 Å². The van der Waals surface area contributed by atoms with Crippen molar-refractivity contribution in [3.8, 4) is 0 Å². The Morgan fingerprint density at radius 1 is 1.40 bits per heavy atom. The van der Waals surface area contributed by atoms with Gasteiger partial charge in [0.2, 0.25) is 5.91 Å². The Hall–Kier alpha value is -1.55. The molecule has 0 aliphatic carbocycles. The molecule has 0 spiro atoms. The van der Waals surface area contributed by atoms with Crippen LogP contribution in [0.5, 0.6) is 0 Å². The minimum Gasteiger partial charge on any atom is -0.480 e. The molecule has 0 bridgehead atoms. The molecule has 0 saturated heterocycles. The fourth-order valence-electron chi connectivity index (χ4n) is 1.86. The van der Waals surface area contributed by atoms with Gasteiger partial charge in [0.15, 0.2) is 0 Å². The molecule has 20 heavy (non-hydrogen) atoms. The molecule has 0 saturated carbocycles. The van der Waals surface area contributed by atoms with E-state index in [1.807, 2.05) is 32.0 Å². The summed E-state index contributed by atoms with van der Waals surface area (Å²) >= 11 is 6.02. The molecule has 2 N–H and O–H groups in total. The zero-order valence-corrected chi connectivity index (χ0v) is 12.5. The predicted molar refractivity (Wildman–Crippen MR) is 79.0 cm³/mol. The Morgan fingerprint density at radius 3 is 2.65 bits per heavy atom. The lowest BCUT2D eigenvalue weighted by Crippen LogP contribution is -2.40. The van der Waals surface area contributed by atoms with Crippen molar-refractivity contribution in [3.63, 3.8) is 0 Å². The summed E-state index contributed by atoms with van der Waals surface area (Å²) in [6.45, 7) is 3.80. The number of benzene rings is 1. The molecule has 5 heteroatoms. The van der Waals surface area contributed by atoms with Crippen molar-refractivity contribution in [2.75, 3.05) is 0 Å². The highest BCUT2D eigenvalue weighted by atomic mass is 35.5. The first-order chi connectivity index (χ1) is 9.43. The lowest BCUT2D eigenvalue weighted by atomic mass is 10.1. The minimum absolute atomic E-state index is 0.248. The highest BCUT2D eigenvalue weighted by Gasteiger charge is 2.18. The molecule has 0 radical (unpaired) electrons. The van der Waals surface area contributed by atoms with E-state index in [1.165, 1.54) is 0 Å². The fourth-order valence-corrected chi connectivity index (χ4v) is 2.07. The Bertz CT molecular complexity index is 488. The molecule has 0 aromatic heterocycles. The first kappa shape index (κ1) is 16.5. The standard InChI is InChI=1S/C15H20ClNO3/c1-3-4-13(15(19)20)17-14(18)8-7-11-6-5-10(2)12(16)9-11/h5-6,9,13H,3-4,7-8H2,1-2H3,(H,17,18)(H,19,20)/t13-/m0/s1. The van der Waals surface area contributed by atoms with Crippen LogP contribution in [0.2, 0.25) is 5.02 Å². The Labute approximate surface area is 124 Å². The summed E-state index contributed by atoms with van der Waals surface area (Å²) in [6, 6.07) is 4.88. The van der Waals surface area contributed by atoms with Gasteiger partial charge in [0.25, 0.3) is 0 Å². The summed E-state index contributed by atoms with van der Waals surface area (Å²) in [5, 5.41) is 12.2. The van der Waals surface area contributed by atoms with Crippen LogP contribution in [0.25, 0.3) is 0 Å². The maximum absolute atomic E-state index is 11.8. The average molecular weight is 298 g/mol. The highest BCUT2D eigenvalue weighted by Crippen LogP contribution is 2.17. The number of carboxylic acid groups (broad SMARTS) is 1. The molecule has 1 aromatic rings. The molecule has 0 heterocycles. The zero-order chi connectivity index (χ0) is 15.1. The van der Waals surface area contributed by atoms with Crippen molar-refractivity contribution >= 4 is 23.5 Å². The average Bonchev–Trinajstić information content (AvgIpc) is 2.39. The van der Waals surface area contributed by atoms with Crippen molar-refractivity contribution in [3.05, 3.63) is 34.3 Å². The van der Waals surface area contributed by atoms with E-state index in [1.54, 1.807) is 0 Å². The third-order valence-corrected chi connectivity index (χ3v) is 3.49. The zero-order valence-electron chi connectivity index (χ0n) is 11.8. The largest absolute Gasteiger partial charge is 0.480 e. The Kier molecular flexibility index (Phi) is 6.52. The maximum Gasteiger partial charge on any atom is 0.326 e. The lowest BCUT2D eigenvalue weighted by Gasteiger charge is -2.13. The molecule has 0 fully saturated rings. The van der Waals surface area contributed by atoms with Crippen molar-refractivity contribution in [2.45, 2.75) is 45.6 Å². The number of carboxylic acids is 1. The Balaban J connectivity index is 2.50. The van der Waals surface area contributed by atoms with Crippen LogP contribution in [0.4, 0.5) is 0 Å². The van der Waals surface area contributed by atoms with Crippen molar-refractivity contribution in [1.82, 2.24) is 5.32 Å². The van der Waals surface area contributed by atoms with Crippen LogP contribution < -0.4 is 5.32 Å². The van der Waals surface area contributed by atoms with Crippen LogP contribution in [-0.2, 0) is 16.0 Å². The highest BCUT2D eigenvalue weighted by molar-refractivity contribution is 6.31. The second kappa shape index (κ2) is 7.90. The minimum atomic E-state index is -0.987. The van der Waals surface area contributed by atoms with Gasteiger partial charge in [0.05, 0.1) is 0 Å². The smallest absolute Gasteiger partial charge is 0.326 e. The third-order valence-electron chi connectivity index (χ3n) is 3.09. The van der Waals surface area contributed by atoms with Gasteiger partial charge in [-0.1, -0.05) is 37.1 Å². The van der Waals surface area contributed by atoms with Gasteiger partial charge in [0.1, 0.15) is 6.04 Å². The topological polar surface area (TPSA) is 66.4 Å². The molecule has 0 aliphatic rings. The summed E-state index contributed by atoms with van der Waals surface area (Å²) < 4.78 is 0. The van der Waals surface area contributed by atoms with E-state index in [0.717, 1.165) is 11.1 Å². The van der Waals surface area contributed by atoms with Crippen LogP contribution in [-0.4, -0.2) is 23.0 Å². The SMILES string of the molecule is CCC[C@H](NC(=O)CCc1ccc(C)c(Cl)c1)C(=O)O. The number of carbonyl (C=O) groups is 2. The van der Waals surface area contributed by atoms with Gasteiger partial charge < -0.3 is 10.4 Å². The molecule has 4 nitrogen and oxygen atoms in total. The summed E-state index contributed by atoms with van der Waals surface area (Å²) in [5.41, 5.74) is 1.96. The molecule has 1 atom stereocenters. The number of hydrogen-bond donors (Lipinski definition) is 2. The van der Waals surface area contributed by atoms with Crippen molar-refractivity contribution in [1.29, 1.82) is 0 Å². The van der Waals surface area contributed by atoms with E-state index in [-0.39, 0.29) is 12.3 Å². The number of nitrogens with one attached hydrogen (secondary N) is 1. The molecule has 1 amide bonds. The normalized spacial score (nSPS) is 11.9. The summed E-state index contributed by atoms with van der Waals surface area (Å²) in [6.07, 6.45) is 1.96. The predicted octanol–water partition coefficient (Wildman–Crippen LogP) is 2.95. The van der Waals surface area contributed by atoms with E-state index in [9.17, 15) is 9.59 Å². The van der Waals surface area contributed by atoms with Crippen LogP contribution in [0.15, 0.2) is 18.2 Å². The summed E-state index contributed by atoms with van der Waals surface area (Å²) in [5.74, 6) is -1.24. The van der Waals surface area contributed by atoms with Gasteiger partial charge >= 0.3 is 5.97 Å². The number of halogens is 1. The monoisotopic (exact) mass is 297 g/mol. The number of aryl methyl sites for hydroxylation is 2. The van der Waals surface area contributed by atoms with Gasteiger partial charge in [-0.25, -0.2) is 4.79 Å². The number of hydrogen-bond acceptors (Lipinski definition) is 2. The van der Waals surface area contributed by atoms with Gasteiger partial charge in [0, 0.05) is 11.4 Å². The molecule has 110 valence electrons. The Morgan fingerprint density at radius 2 is 2.10 bits per heavy atom. The second-order valence-electron chi connectivity index (χ2n) is 4.83. The summed E-state index contributed by atoms with van der Waals surface area (Å²) in [7, 11) is 0. The molecule has 0 aliphatic heterocycles. The van der Waals surface area contributed by atoms with E-state index < -0.39 is 12.0 Å². The van der Waals surface area contributed by atoms with E-state index >= 15 is 0 Å². The third kappa shape index (κ3) is 5.21. The number of carbonyl (C=O) groups excluding carboxylic acids is 1. The first-order valence-electron chi connectivity index (χ1n) is 6.71. The number of aliphatic carboxylic acids is 1. The molecular weight excluding hydrogens is 278 g/mol. The quantitative estimate of drug-likeness (QED) is 0.813. The molecule has 0 unspecified atom stereocenters. The van der Waals surface area contributed by atoms with Crippen molar-refractivity contribution < 1.29 is 14.7 Å². The molecular formula is C15H20ClNO3. The maximum atomic E-state index is 11.8. The summed E-state index contributed by atoms with van der Waals surface area (Å²) in [4.78, 5) is 22.7. The van der Waals surface area contributed by atoms with Crippen LogP contribution in [0, 0.1) is 6.92 Å². The van der Waals surface area contributed by atoms with Gasteiger partial charge in [-0.2, -0.15) is 0 Å². The van der Waals surface area contributed by atoms with E-state index in [2.05, 4.69) is 5.32 Å². The van der Waals surface area contributed by atoms with Crippen molar-refractivity contribution in [2.24, 2.45) is 0 Å². The van der Waals surface area contributed by atoms with Gasteiger partial charge in [-0.3, -0.25) is 4.79 Å². The number of rotatable bonds is 7. The van der Waals surface area contributed by atoms with Gasteiger partial charge in [-0.05, 0) is 37.0 Å². The molecule has 1 aromatic carbocycles. The van der Waals surface area contributed by atoms with Gasteiger partial charge in [-0.15, -0.1) is 0 Å². The molecule has 1 rings (SSSR count). The lowest BCUT2D eigenvalue weighted by molar-refractivity contribution is -0.142. The van der Waals surface area contributed by atoms with Crippen LogP contribution in [0.3, 0.4) is 0 Å². The number of amides is 1.